The lowest BCUT2D eigenvalue weighted by Gasteiger charge is -2.43. The molecule has 1 spiro atoms. The number of aryl methyl sites for hydroxylation is 1. The zero-order chi connectivity index (χ0) is 24.3. The minimum atomic E-state index is -3.00. The highest BCUT2D eigenvalue weighted by molar-refractivity contribution is 7.91. The molecular weight excluding hydrogens is 442 g/mol. The van der Waals surface area contributed by atoms with Crippen molar-refractivity contribution in [1.82, 2.24) is 24.9 Å². The number of hydrogen-bond acceptors (Lipinski definition) is 6. The van der Waals surface area contributed by atoms with E-state index in [0.29, 0.717) is 31.7 Å². The van der Waals surface area contributed by atoms with Gasteiger partial charge in [-0.25, -0.2) is 18.1 Å². The normalized spacial score (nSPS) is 31.1. The van der Waals surface area contributed by atoms with Crippen molar-refractivity contribution in [2.24, 2.45) is 11.3 Å². The molecule has 0 aromatic carbocycles. The van der Waals surface area contributed by atoms with Crippen LogP contribution in [0.4, 0.5) is 4.79 Å². The van der Waals surface area contributed by atoms with Gasteiger partial charge in [-0.3, -0.25) is 14.4 Å². The predicted molar refractivity (Wildman–Crippen MR) is 125 cm³/mol. The molecule has 2 saturated heterocycles. The molecule has 184 valence electrons. The number of hydrogen-bond donors (Lipinski definition) is 1. The summed E-state index contributed by atoms with van der Waals surface area (Å²) in [6, 6.07) is -0.452. The summed E-state index contributed by atoms with van der Waals surface area (Å²) < 4.78 is 25.7. The van der Waals surface area contributed by atoms with Gasteiger partial charge in [-0.2, -0.15) is 5.10 Å². The minimum Gasteiger partial charge on any atom is -0.323 e. The third kappa shape index (κ3) is 4.56. The molecule has 1 aromatic heterocycles. The number of amides is 3. The van der Waals surface area contributed by atoms with E-state index in [2.05, 4.69) is 31.2 Å². The summed E-state index contributed by atoms with van der Waals surface area (Å²) in [5.74, 6) is 0.573. The van der Waals surface area contributed by atoms with Crippen LogP contribution in [0, 0.1) is 25.2 Å². The largest absolute Gasteiger partial charge is 0.326 e. The van der Waals surface area contributed by atoms with E-state index in [9.17, 15) is 18.0 Å². The van der Waals surface area contributed by atoms with Crippen LogP contribution in [-0.2, 0) is 21.2 Å². The van der Waals surface area contributed by atoms with Crippen LogP contribution < -0.4 is 5.32 Å². The molecule has 1 aliphatic carbocycles. The molecule has 3 amide bonds. The lowest BCUT2D eigenvalue weighted by atomic mass is 9.64. The molecule has 3 atom stereocenters. The molecule has 1 N–H and O–H groups in total. The molecule has 3 unspecified atom stereocenters. The summed E-state index contributed by atoms with van der Waals surface area (Å²) in [6.45, 7) is 11.1. The third-order valence-corrected chi connectivity index (χ3v) is 9.21. The van der Waals surface area contributed by atoms with Crippen LogP contribution in [0.3, 0.4) is 0 Å². The fraction of sp³-hybridized carbons (Fsp3) is 0.783. The Morgan fingerprint density at radius 1 is 1.21 bits per heavy atom. The van der Waals surface area contributed by atoms with Crippen molar-refractivity contribution in [3.05, 3.63) is 17.0 Å². The SMILES string of the molecule is Cc1nn(C2CCS(=O)(=O)C2)c(C)c1CN(C)CN1C(=O)NC2(CC(C)CC(C)(C)C2)C1=O. The van der Waals surface area contributed by atoms with Crippen molar-refractivity contribution in [3.8, 4) is 0 Å². The quantitative estimate of drug-likeness (QED) is 0.650. The van der Waals surface area contributed by atoms with Gasteiger partial charge >= 0.3 is 6.03 Å². The summed E-state index contributed by atoms with van der Waals surface area (Å²) in [7, 11) is -1.12. The molecule has 4 rings (SSSR count). The molecule has 3 heterocycles. The second-order valence-electron chi connectivity index (χ2n) is 11.4. The van der Waals surface area contributed by atoms with E-state index < -0.39 is 15.4 Å². The smallest absolute Gasteiger partial charge is 0.323 e. The Balaban J connectivity index is 1.47. The lowest BCUT2D eigenvalue weighted by molar-refractivity contribution is -0.136. The Morgan fingerprint density at radius 2 is 1.91 bits per heavy atom. The van der Waals surface area contributed by atoms with Gasteiger partial charge in [-0.1, -0.05) is 20.8 Å². The third-order valence-electron chi connectivity index (χ3n) is 7.46. The van der Waals surface area contributed by atoms with Gasteiger partial charge in [0.15, 0.2) is 9.84 Å². The number of rotatable bonds is 5. The molecule has 33 heavy (non-hydrogen) atoms. The predicted octanol–water partition coefficient (Wildman–Crippen LogP) is 2.39. The van der Waals surface area contributed by atoms with Crippen molar-refractivity contribution in [2.45, 2.75) is 78.4 Å². The van der Waals surface area contributed by atoms with Crippen LogP contribution in [0.1, 0.15) is 69.4 Å². The van der Waals surface area contributed by atoms with Gasteiger partial charge in [0.1, 0.15) is 5.54 Å². The Labute approximate surface area is 196 Å². The van der Waals surface area contributed by atoms with E-state index in [1.165, 1.54) is 4.90 Å². The average molecular weight is 480 g/mol. The number of sulfone groups is 1. The first-order valence-electron chi connectivity index (χ1n) is 11.8. The van der Waals surface area contributed by atoms with E-state index >= 15 is 0 Å². The van der Waals surface area contributed by atoms with Crippen LogP contribution in [0.25, 0.3) is 0 Å². The van der Waals surface area contributed by atoms with Gasteiger partial charge in [0.2, 0.25) is 0 Å². The van der Waals surface area contributed by atoms with Crippen molar-refractivity contribution in [3.63, 3.8) is 0 Å². The average Bonchev–Trinajstić information content (AvgIpc) is 3.23. The maximum atomic E-state index is 13.4. The highest BCUT2D eigenvalue weighted by Crippen LogP contribution is 2.46. The summed E-state index contributed by atoms with van der Waals surface area (Å²) in [5.41, 5.74) is 2.00. The number of urea groups is 1. The van der Waals surface area contributed by atoms with Crippen molar-refractivity contribution in [1.29, 1.82) is 0 Å². The van der Waals surface area contributed by atoms with E-state index in [-0.39, 0.29) is 41.6 Å². The topological polar surface area (TPSA) is 105 Å². The first kappa shape index (κ1) is 24.2. The van der Waals surface area contributed by atoms with Crippen LogP contribution in [0.5, 0.6) is 0 Å². The van der Waals surface area contributed by atoms with Crippen molar-refractivity contribution in [2.75, 3.05) is 25.2 Å². The van der Waals surface area contributed by atoms with E-state index in [1.807, 2.05) is 30.5 Å². The monoisotopic (exact) mass is 479 g/mol. The van der Waals surface area contributed by atoms with Crippen LogP contribution in [0.15, 0.2) is 0 Å². The fourth-order valence-corrected chi connectivity index (χ4v) is 8.14. The van der Waals surface area contributed by atoms with Crippen LogP contribution >= 0.6 is 0 Å². The molecule has 9 nitrogen and oxygen atoms in total. The Bertz CT molecular complexity index is 1080. The summed E-state index contributed by atoms with van der Waals surface area (Å²) >= 11 is 0. The molecule has 2 aliphatic heterocycles. The first-order valence-corrected chi connectivity index (χ1v) is 13.6. The number of carbonyl (C=O) groups is 2. The molecule has 10 heteroatoms. The minimum absolute atomic E-state index is 0.000949. The molecule has 0 radical (unpaired) electrons. The van der Waals surface area contributed by atoms with Crippen molar-refractivity contribution < 1.29 is 18.0 Å². The molecule has 3 aliphatic rings. The number of nitrogens with one attached hydrogen (secondary N) is 1. The summed E-state index contributed by atoms with van der Waals surface area (Å²) in [6.07, 6.45) is 2.96. The van der Waals surface area contributed by atoms with Crippen molar-refractivity contribution >= 4 is 21.8 Å². The molecule has 1 aromatic rings. The highest BCUT2D eigenvalue weighted by atomic mass is 32.2. The fourth-order valence-electron chi connectivity index (χ4n) is 6.45. The number of imide groups is 1. The van der Waals surface area contributed by atoms with Crippen LogP contribution in [-0.4, -0.2) is 70.7 Å². The Kier molecular flexibility index (Phi) is 5.92. The van der Waals surface area contributed by atoms with Gasteiger partial charge < -0.3 is 5.32 Å². The second kappa shape index (κ2) is 8.08. The molecular formula is C23H37N5O4S. The highest BCUT2D eigenvalue weighted by Gasteiger charge is 2.56. The zero-order valence-electron chi connectivity index (χ0n) is 20.6. The number of nitrogens with zero attached hydrogens (tertiary/aromatic N) is 4. The first-order chi connectivity index (χ1) is 15.2. The number of aromatic nitrogens is 2. The standard InChI is InChI=1S/C23H37N5O4S/c1-15-9-22(4,5)13-23(10-15)20(29)27(21(30)24-23)14-26(6)11-19-16(2)25-28(17(19)3)18-7-8-33(31,32)12-18/h15,18H,7-14H2,1-6H3,(H,24,30). The maximum Gasteiger partial charge on any atom is 0.326 e. The zero-order valence-corrected chi connectivity index (χ0v) is 21.5. The van der Waals surface area contributed by atoms with E-state index in [1.54, 1.807) is 0 Å². The van der Waals surface area contributed by atoms with Crippen LogP contribution in [0.2, 0.25) is 0 Å². The van der Waals surface area contributed by atoms with Gasteiger partial charge in [-0.15, -0.1) is 0 Å². The summed E-state index contributed by atoms with van der Waals surface area (Å²) in [4.78, 5) is 29.5. The Morgan fingerprint density at radius 3 is 2.52 bits per heavy atom. The maximum absolute atomic E-state index is 13.4. The van der Waals surface area contributed by atoms with E-state index in [0.717, 1.165) is 23.4 Å². The van der Waals surface area contributed by atoms with Gasteiger partial charge in [0.05, 0.1) is 29.9 Å². The summed E-state index contributed by atoms with van der Waals surface area (Å²) in [5, 5.41) is 7.66. The molecule has 3 fully saturated rings. The van der Waals surface area contributed by atoms with Gasteiger partial charge in [-0.05, 0) is 57.9 Å². The second-order valence-corrected chi connectivity index (χ2v) is 13.6. The number of carbonyl (C=O) groups excluding carboxylic acids is 2. The lowest BCUT2D eigenvalue weighted by Crippen LogP contribution is -2.54. The van der Waals surface area contributed by atoms with Gasteiger partial charge in [0.25, 0.3) is 5.91 Å². The molecule has 1 saturated carbocycles. The van der Waals surface area contributed by atoms with Gasteiger partial charge in [0, 0.05) is 17.8 Å². The Hall–Kier alpha value is -1.94. The molecule has 0 bridgehead atoms. The van der Waals surface area contributed by atoms with E-state index in [4.69, 9.17) is 0 Å².